The van der Waals surface area contributed by atoms with Gasteiger partial charge in [0.15, 0.2) is 0 Å². The van der Waals surface area contributed by atoms with Crippen LogP contribution >= 0.6 is 17.0 Å². The Morgan fingerprint density at radius 1 is 1.71 bits per heavy atom. The second-order valence-electron chi connectivity index (χ2n) is 1.62. The first kappa shape index (κ1) is 7.40. The molecule has 2 nitrogen and oxygen atoms in total. The van der Waals surface area contributed by atoms with Crippen LogP contribution in [0.1, 0.15) is 6.92 Å². The number of nitrogens with two attached hydrogens (primary N) is 1. The molecule has 1 fully saturated rings. The summed E-state index contributed by atoms with van der Waals surface area (Å²) in [5, 5.41) is 0. The average Bonchev–Trinajstić information content (AvgIpc) is 2.19. The van der Waals surface area contributed by atoms with Crippen LogP contribution in [0.2, 0.25) is 0 Å². The molecule has 2 unspecified atom stereocenters. The van der Waals surface area contributed by atoms with Crippen LogP contribution in [0.25, 0.3) is 0 Å². The fourth-order valence-corrected chi connectivity index (χ4v) is 0.478. The molecule has 7 heavy (non-hydrogen) atoms. The molecule has 2 N–H and O–H groups in total. The van der Waals surface area contributed by atoms with Gasteiger partial charge < -0.3 is 10.5 Å². The molecule has 1 aliphatic rings. The fourth-order valence-electron chi connectivity index (χ4n) is 0.478. The molecular weight excluding hydrogens is 158 g/mol. The largest absolute Gasteiger partial charge is 0.369 e. The van der Waals surface area contributed by atoms with Crippen molar-refractivity contribution in [2.24, 2.45) is 5.73 Å². The van der Waals surface area contributed by atoms with Crippen LogP contribution in [0, 0.1) is 0 Å². The lowest BCUT2D eigenvalue weighted by Gasteiger charge is -1.73. The van der Waals surface area contributed by atoms with Crippen LogP contribution in [-0.4, -0.2) is 18.8 Å². The summed E-state index contributed by atoms with van der Waals surface area (Å²) in [7, 11) is 0. The Morgan fingerprint density at radius 2 is 2.14 bits per heavy atom. The second kappa shape index (κ2) is 2.64. The van der Waals surface area contributed by atoms with Gasteiger partial charge in [-0.2, -0.15) is 0 Å². The number of halogens is 1. The van der Waals surface area contributed by atoms with E-state index in [1.54, 1.807) is 0 Å². The van der Waals surface area contributed by atoms with E-state index in [0.29, 0.717) is 18.8 Å². The van der Waals surface area contributed by atoms with Crippen LogP contribution in [0.5, 0.6) is 0 Å². The molecule has 1 aliphatic heterocycles. The number of epoxide rings is 1. The highest BCUT2D eigenvalue weighted by atomic mass is 79.9. The van der Waals surface area contributed by atoms with E-state index >= 15 is 0 Å². The molecule has 0 radical (unpaired) electrons. The molecule has 2 atom stereocenters. The second-order valence-corrected chi connectivity index (χ2v) is 1.62. The molecule has 0 aromatic rings. The van der Waals surface area contributed by atoms with Crippen molar-refractivity contribution >= 4 is 17.0 Å². The molecule has 0 aliphatic carbocycles. The van der Waals surface area contributed by atoms with E-state index < -0.39 is 0 Å². The Hall–Kier alpha value is 0.400. The highest BCUT2D eigenvalue weighted by Gasteiger charge is 2.31. The van der Waals surface area contributed by atoms with Gasteiger partial charge in [0.25, 0.3) is 0 Å². The van der Waals surface area contributed by atoms with Gasteiger partial charge in [-0.25, -0.2) is 0 Å². The van der Waals surface area contributed by atoms with Gasteiger partial charge in [0.2, 0.25) is 0 Å². The lowest BCUT2D eigenvalue weighted by Crippen LogP contribution is -2.07. The predicted molar refractivity (Wildman–Crippen MR) is 33.7 cm³/mol. The van der Waals surface area contributed by atoms with Gasteiger partial charge in [-0.1, -0.05) is 0 Å². The molecule has 44 valence electrons. The molecule has 0 spiro atoms. The minimum absolute atomic E-state index is 0. The van der Waals surface area contributed by atoms with Crippen LogP contribution in [0.3, 0.4) is 0 Å². The Labute approximate surface area is 53.8 Å². The third-order valence-corrected chi connectivity index (χ3v) is 1.07. The third-order valence-electron chi connectivity index (χ3n) is 1.07. The smallest absolute Gasteiger partial charge is 0.0960 e. The monoisotopic (exact) mass is 167 g/mol. The molecule has 1 rings (SSSR count). The molecule has 0 aromatic heterocycles. The van der Waals surface area contributed by atoms with Crippen molar-refractivity contribution in [1.82, 2.24) is 0 Å². The summed E-state index contributed by atoms with van der Waals surface area (Å²) in [6.45, 7) is 2.71. The lowest BCUT2D eigenvalue weighted by molar-refractivity contribution is 0.381. The maximum atomic E-state index is 5.20. The maximum absolute atomic E-state index is 5.20. The van der Waals surface area contributed by atoms with Gasteiger partial charge in [0, 0.05) is 6.54 Å². The van der Waals surface area contributed by atoms with Crippen molar-refractivity contribution in [3.63, 3.8) is 0 Å². The van der Waals surface area contributed by atoms with Crippen LogP contribution in [-0.2, 0) is 4.74 Å². The van der Waals surface area contributed by atoms with Gasteiger partial charge >= 0.3 is 0 Å². The Kier molecular flexibility index (Phi) is 2.80. The number of hydrogen-bond donors (Lipinski definition) is 1. The van der Waals surface area contributed by atoms with Crippen molar-refractivity contribution in [2.45, 2.75) is 19.1 Å². The van der Waals surface area contributed by atoms with E-state index in [1.807, 2.05) is 6.92 Å². The zero-order valence-corrected chi connectivity index (χ0v) is 5.97. The zero-order chi connectivity index (χ0) is 4.57. The molecule has 3 heteroatoms. The first-order valence-corrected chi connectivity index (χ1v) is 2.20. The summed E-state index contributed by atoms with van der Waals surface area (Å²) in [6, 6.07) is 0. The topological polar surface area (TPSA) is 38.5 Å². The first-order chi connectivity index (χ1) is 2.84. The van der Waals surface area contributed by atoms with E-state index in [9.17, 15) is 0 Å². The van der Waals surface area contributed by atoms with E-state index in [4.69, 9.17) is 10.5 Å². The summed E-state index contributed by atoms with van der Waals surface area (Å²) in [5.41, 5.74) is 5.20. The number of rotatable bonds is 1. The third kappa shape index (κ3) is 1.76. The van der Waals surface area contributed by atoms with Crippen molar-refractivity contribution < 1.29 is 4.74 Å². The first-order valence-electron chi connectivity index (χ1n) is 2.20. The molecule has 0 saturated carbocycles. The van der Waals surface area contributed by atoms with Gasteiger partial charge in [-0.05, 0) is 6.92 Å². The van der Waals surface area contributed by atoms with Gasteiger partial charge in [0.1, 0.15) is 0 Å². The van der Waals surface area contributed by atoms with E-state index in [-0.39, 0.29) is 17.0 Å². The predicted octanol–water partition coefficient (Wildman–Crippen LogP) is 0.310. The molecule has 0 aromatic carbocycles. The molecule has 0 amide bonds. The summed E-state index contributed by atoms with van der Waals surface area (Å²) in [6.07, 6.45) is 0.819. The van der Waals surface area contributed by atoms with E-state index in [2.05, 4.69) is 0 Å². The molecule has 1 heterocycles. The molecule has 1 saturated heterocycles. The highest BCUT2D eigenvalue weighted by molar-refractivity contribution is 8.93. The van der Waals surface area contributed by atoms with Crippen LogP contribution in [0.4, 0.5) is 0 Å². The van der Waals surface area contributed by atoms with Crippen LogP contribution in [0.15, 0.2) is 0 Å². The minimum atomic E-state index is 0. The summed E-state index contributed by atoms with van der Waals surface area (Å²) < 4.78 is 4.94. The van der Waals surface area contributed by atoms with Gasteiger partial charge in [-0.3, -0.25) is 0 Å². The highest BCUT2D eigenvalue weighted by Crippen LogP contribution is 2.18. The van der Waals surface area contributed by atoms with Crippen molar-refractivity contribution in [3.05, 3.63) is 0 Å². The van der Waals surface area contributed by atoms with E-state index in [1.165, 1.54) is 0 Å². The Bertz CT molecular complexity index is 57.7. The quantitative estimate of drug-likeness (QED) is 0.572. The SMILES string of the molecule is Br.CC1OC1CN. The number of hydrogen-bond acceptors (Lipinski definition) is 2. The van der Waals surface area contributed by atoms with E-state index in [0.717, 1.165) is 0 Å². The summed E-state index contributed by atoms with van der Waals surface area (Å²) >= 11 is 0. The van der Waals surface area contributed by atoms with Gasteiger partial charge in [0.05, 0.1) is 12.2 Å². The summed E-state index contributed by atoms with van der Waals surface area (Å²) in [4.78, 5) is 0. The molecule has 0 bridgehead atoms. The average molecular weight is 168 g/mol. The van der Waals surface area contributed by atoms with Crippen molar-refractivity contribution in [1.29, 1.82) is 0 Å². The number of ether oxygens (including phenoxy) is 1. The Morgan fingerprint density at radius 3 is 2.14 bits per heavy atom. The molecular formula is C4H10BrNO. The lowest BCUT2D eigenvalue weighted by atomic mass is 10.3. The van der Waals surface area contributed by atoms with Crippen LogP contribution < -0.4 is 5.73 Å². The van der Waals surface area contributed by atoms with Gasteiger partial charge in [-0.15, -0.1) is 17.0 Å². The zero-order valence-electron chi connectivity index (χ0n) is 4.26. The minimum Gasteiger partial charge on any atom is -0.369 e. The maximum Gasteiger partial charge on any atom is 0.0960 e. The van der Waals surface area contributed by atoms with Crippen molar-refractivity contribution in [2.75, 3.05) is 6.54 Å². The van der Waals surface area contributed by atoms with Crippen molar-refractivity contribution in [3.8, 4) is 0 Å². The summed E-state index contributed by atoms with van der Waals surface area (Å²) in [5.74, 6) is 0. The standard InChI is InChI=1S/C4H9NO.BrH/c1-3-4(2-5)6-3;/h3-4H,2,5H2,1H3;1H. The Balaban J connectivity index is 0.000000360. The normalized spacial score (nSPS) is 36.9. The fraction of sp³-hybridized carbons (Fsp3) is 1.00.